The summed E-state index contributed by atoms with van der Waals surface area (Å²) >= 11 is 3.35. The second-order valence-corrected chi connectivity index (χ2v) is 5.13. The first-order chi connectivity index (χ1) is 9.01. The number of carbonyl (C=O) groups excluding carboxylic acids is 1. The van der Waals surface area contributed by atoms with E-state index >= 15 is 0 Å². The van der Waals surface area contributed by atoms with E-state index in [1.54, 1.807) is 17.0 Å². The van der Waals surface area contributed by atoms with Gasteiger partial charge in [-0.15, -0.1) is 0 Å². The molecule has 19 heavy (non-hydrogen) atoms. The molecular weight excluding hydrogens is 306 g/mol. The molecule has 1 amide bonds. The zero-order valence-corrected chi connectivity index (χ0v) is 13.0. The van der Waals surface area contributed by atoms with Crippen LogP contribution >= 0.6 is 15.9 Å². The third-order valence-corrected chi connectivity index (χ3v) is 3.31. The van der Waals surface area contributed by atoms with Gasteiger partial charge in [-0.3, -0.25) is 4.79 Å². The lowest BCUT2D eigenvalue weighted by molar-refractivity contribution is -0.131. The normalized spacial score (nSPS) is 11.5. The zero-order valence-electron chi connectivity index (χ0n) is 11.4. The number of hydrogen-bond acceptors (Lipinski definition) is 3. The molecule has 0 aliphatic carbocycles. The van der Waals surface area contributed by atoms with Gasteiger partial charge in [0.15, 0.2) is 0 Å². The predicted molar refractivity (Wildman–Crippen MR) is 79.9 cm³/mol. The molecule has 1 N–H and O–H groups in total. The first kappa shape index (κ1) is 15.5. The van der Waals surface area contributed by atoms with Crippen LogP contribution in [0.25, 0.3) is 0 Å². The molecule has 0 heterocycles. The van der Waals surface area contributed by atoms with Crippen molar-refractivity contribution in [2.24, 2.45) is 0 Å². The van der Waals surface area contributed by atoms with Gasteiger partial charge in [-0.25, -0.2) is 0 Å². The molecule has 0 bridgehead atoms. The fourth-order valence-electron chi connectivity index (χ4n) is 1.86. The Kier molecular flexibility index (Phi) is 5.84. The number of nitrogens with zero attached hydrogens (tertiary/aromatic N) is 2. The summed E-state index contributed by atoms with van der Waals surface area (Å²) < 4.78 is 0.816. The third-order valence-electron chi connectivity index (χ3n) is 2.86. The van der Waals surface area contributed by atoms with Crippen molar-refractivity contribution in [3.8, 4) is 6.07 Å². The molecule has 0 radical (unpaired) electrons. The first-order valence-corrected chi connectivity index (χ1v) is 7.07. The van der Waals surface area contributed by atoms with Gasteiger partial charge < -0.3 is 10.2 Å². The zero-order chi connectivity index (χ0) is 14.4. The Balaban J connectivity index is 2.82. The highest BCUT2D eigenvalue weighted by molar-refractivity contribution is 9.10. The van der Waals surface area contributed by atoms with Crippen LogP contribution < -0.4 is 5.32 Å². The van der Waals surface area contributed by atoms with Crippen molar-refractivity contribution >= 4 is 27.5 Å². The van der Waals surface area contributed by atoms with E-state index in [-0.39, 0.29) is 11.9 Å². The summed E-state index contributed by atoms with van der Waals surface area (Å²) in [5, 5.41) is 12.1. The number of halogens is 1. The molecule has 0 aromatic heterocycles. The lowest BCUT2D eigenvalue weighted by Crippen LogP contribution is -2.41. The highest BCUT2D eigenvalue weighted by Crippen LogP contribution is 2.20. The Bertz CT molecular complexity index is 492. The van der Waals surface area contributed by atoms with E-state index in [4.69, 9.17) is 5.26 Å². The summed E-state index contributed by atoms with van der Waals surface area (Å²) in [7, 11) is 0. The maximum atomic E-state index is 12.1. The van der Waals surface area contributed by atoms with Crippen molar-refractivity contribution in [2.75, 3.05) is 18.4 Å². The maximum Gasteiger partial charge on any atom is 0.244 e. The number of likely N-dealkylation sites (N-methyl/N-ethyl adjacent to an activating group) is 1. The lowest BCUT2D eigenvalue weighted by Gasteiger charge is -2.24. The summed E-state index contributed by atoms with van der Waals surface area (Å²) in [4.78, 5) is 13.9. The molecule has 0 spiro atoms. The minimum atomic E-state index is -0.319. The second kappa shape index (κ2) is 7.15. The van der Waals surface area contributed by atoms with Crippen molar-refractivity contribution in [3.63, 3.8) is 0 Å². The monoisotopic (exact) mass is 323 g/mol. The maximum absolute atomic E-state index is 12.1. The van der Waals surface area contributed by atoms with Crippen molar-refractivity contribution in [1.82, 2.24) is 4.90 Å². The molecule has 1 atom stereocenters. The number of amides is 1. The van der Waals surface area contributed by atoms with Crippen LogP contribution in [-0.2, 0) is 4.79 Å². The van der Waals surface area contributed by atoms with Gasteiger partial charge in [0.25, 0.3) is 0 Å². The SMILES string of the molecule is CCN(CC)C(=O)C(C)Nc1cc(Br)cc(C#N)c1. The van der Waals surface area contributed by atoms with Gasteiger partial charge in [-0.1, -0.05) is 15.9 Å². The van der Waals surface area contributed by atoms with Crippen molar-refractivity contribution in [1.29, 1.82) is 5.26 Å². The minimum absolute atomic E-state index is 0.0588. The largest absolute Gasteiger partial charge is 0.374 e. The standard InChI is InChI=1S/C14H18BrN3O/c1-4-18(5-2)14(19)10(3)17-13-7-11(9-16)6-12(15)8-13/h6-8,10,17H,4-5H2,1-3H3. The first-order valence-electron chi connectivity index (χ1n) is 6.27. The Morgan fingerprint density at radius 2 is 2.05 bits per heavy atom. The number of anilines is 1. The van der Waals surface area contributed by atoms with Crippen molar-refractivity contribution in [3.05, 3.63) is 28.2 Å². The van der Waals surface area contributed by atoms with Gasteiger partial charge >= 0.3 is 0 Å². The van der Waals surface area contributed by atoms with E-state index in [2.05, 4.69) is 27.3 Å². The van der Waals surface area contributed by atoms with Gasteiger partial charge in [0.2, 0.25) is 5.91 Å². The summed E-state index contributed by atoms with van der Waals surface area (Å²) in [6, 6.07) is 7.10. The Morgan fingerprint density at radius 1 is 1.42 bits per heavy atom. The van der Waals surface area contributed by atoms with E-state index in [1.165, 1.54) is 0 Å². The molecule has 1 unspecified atom stereocenters. The number of nitrogens with one attached hydrogen (secondary N) is 1. The van der Waals surface area contributed by atoms with Crippen LogP contribution in [0.1, 0.15) is 26.3 Å². The smallest absolute Gasteiger partial charge is 0.244 e. The highest BCUT2D eigenvalue weighted by atomic mass is 79.9. The van der Waals surface area contributed by atoms with Crippen molar-refractivity contribution < 1.29 is 4.79 Å². The predicted octanol–water partition coefficient (Wildman–Crippen LogP) is 2.99. The van der Waals surface area contributed by atoms with Crippen LogP contribution in [0.3, 0.4) is 0 Å². The lowest BCUT2D eigenvalue weighted by atomic mass is 10.2. The fourth-order valence-corrected chi connectivity index (χ4v) is 2.35. The summed E-state index contributed by atoms with van der Waals surface area (Å²) in [5.41, 5.74) is 1.32. The van der Waals surface area contributed by atoms with Crippen LogP contribution in [0.15, 0.2) is 22.7 Å². The number of rotatable bonds is 5. The minimum Gasteiger partial charge on any atom is -0.374 e. The molecule has 0 saturated carbocycles. The Hall–Kier alpha value is -1.54. The molecule has 0 saturated heterocycles. The average molecular weight is 324 g/mol. The van der Waals surface area contributed by atoms with E-state index in [9.17, 15) is 4.79 Å². The van der Waals surface area contributed by atoms with E-state index in [0.29, 0.717) is 18.7 Å². The molecular formula is C14H18BrN3O. The van der Waals surface area contributed by atoms with Gasteiger partial charge in [-0.2, -0.15) is 5.26 Å². The molecule has 0 aliphatic heterocycles. The van der Waals surface area contributed by atoms with Gasteiger partial charge in [0, 0.05) is 23.2 Å². The molecule has 1 aromatic carbocycles. The molecule has 4 nitrogen and oxygen atoms in total. The number of carbonyl (C=O) groups is 1. The van der Waals surface area contributed by atoms with Crippen LogP contribution in [0.2, 0.25) is 0 Å². The number of benzene rings is 1. The molecule has 0 aliphatic rings. The Labute approximate surface area is 122 Å². The van der Waals surface area contributed by atoms with Gasteiger partial charge in [0.05, 0.1) is 11.6 Å². The molecule has 0 fully saturated rings. The van der Waals surface area contributed by atoms with E-state index in [1.807, 2.05) is 26.8 Å². The summed E-state index contributed by atoms with van der Waals surface area (Å²) in [5.74, 6) is 0.0588. The van der Waals surface area contributed by atoms with Gasteiger partial charge in [-0.05, 0) is 39.0 Å². The molecule has 1 aromatic rings. The molecule has 5 heteroatoms. The van der Waals surface area contributed by atoms with Crippen LogP contribution in [0, 0.1) is 11.3 Å². The summed E-state index contributed by atoms with van der Waals surface area (Å²) in [6.07, 6.45) is 0. The second-order valence-electron chi connectivity index (χ2n) is 4.22. The van der Waals surface area contributed by atoms with Crippen LogP contribution in [-0.4, -0.2) is 29.9 Å². The van der Waals surface area contributed by atoms with E-state index in [0.717, 1.165) is 10.2 Å². The summed E-state index contributed by atoms with van der Waals surface area (Å²) in [6.45, 7) is 7.14. The quantitative estimate of drug-likeness (QED) is 0.906. The molecule has 102 valence electrons. The average Bonchev–Trinajstić information content (AvgIpc) is 2.39. The third kappa shape index (κ3) is 4.25. The highest BCUT2D eigenvalue weighted by Gasteiger charge is 2.17. The fraction of sp³-hybridized carbons (Fsp3) is 0.429. The van der Waals surface area contributed by atoms with Crippen LogP contribution in [0.5, 0.6) is 0 Å². The van der Waals surface area contributed by atoms with Crippen molar-refractivity contribution in [2.45, 2.75) is 26.8 Å². The molecule has 1 rings (SSSR count). The number of nitriles is 1. The van der Waals surface area contributed by atoms with Crippen LogP contribution in [0.4, 0.5) is 5.69 Å². The van der Waals surface area contributed by atoms with E-state index < -0.39 is 0 Å². The number of hydrogen-bond donors (Lipinski definition) is 1. The Morgan fingerprint density at radius 3 is 2.58 bits per heavy atom. The van der Waals surface area contributed by atoms with Gasteiger partial charge in [0.1, 0.15) is 6.04 Å². The topological polar surface area (TPSA) is 56.1 Å².